The summed E-state index contributed by atoms with van der Waals surface area (Å²) < 4.78 is 26.1. The highest BCUT2D eigenvalue weighted by Gasteiger charge is 2.24. The second-order valence-electron chi connectivity index (χ2n) is 4.03. The van der Waals surface area contributed by atoms with Gasteiger partial charge in [0.2, 0.25) is 15.9 Å². The highest BCUT2D eigenvalue weighted by atomic mass is 32.2. The standard InChI is InChI=1S/C10H14N2O5S2/c1-6(9(13)12(2)3)11-19(16,17)7-4-8(10(14)15)18-5-7/h4-6,11H,1-3H3,(H,14,15). The van der Waals surface area contributed by atoms with Gasteiger partial charge in [0.25, 0.3) is 0 Å². The number of carboxylic acid groups (broad SMARTS) is 1. The van der Waals surface area contributed by atoms with Gasteiger partial charge in [0.15, 0.2) is 0 Å². The molecule has 0 aliphatic rings. The van der Waals surface area contributed by atoms with Crippen LogP contribution < -0.4 is 4.72 Å². The molecule has 1 amide bonds. The number of carbonyl (C=O) groups excluding carboxylic acids is 1. The Labute approximate surface area is 114 Å². The van der Waals surface area contributed by atoms with Crippen molar-refractivity contribution in [2.45, 2.75) is 17.9 Å². The molecule has 1 aromatic rings. The minimum Gasteiger partial charge on any atom is -0.477 e. The number of hydrogen-bond acceptors (Lipinski definition) is 5. The number of rotatable bonds is 5. The Balaban J connectivity index is 2.92. The van der Waals surface area contributed by atoms with Gasteiger partial charge >= 0.3 is 5.97 Å². The molecule has 0 saturated heterocycles. The number of hydrogen-bond donors (Lipinski definition) is 2. The molecule has 0 aromatic carbocycles. The van der Waals surface area contributed by atoms with Gasteiger partial charge in [0.05, 0.1) is 10.9 Å². The normalized spacial score (nSPS) is 13.0. The van der Waals surface area contributed by atoms with Crippen LogP contribution in [0.25, 0.3) is 0 Å². The largest absolute Gasteiger partial charge is 0.477 e. The number of nitrogens with zero attached hydrogens (tertiary/aromatic N) is 1. The zero-order valence-electron chi connectivity index (χ0n) is 10.6. The lowest BCUT2D eigenvalue weighted by molar-refractivity contribution is -0.130. The summed E-state index contributed by atoms with van der Waals surface area (Å²) in [6.45, 7) is 1.42. The molecule has 7 nitrogen and oxygen atoms in total. The zero-order chi connectivity index (χ0) is 14.8. The van der Waals surface area contributed by atoms with Crippen LogP contribution in [0.2, 0.25) is 0 Å². The molecule has 1 aromatic heterocycles. The molecule has 1 unspecified atom stereocenters. The molecule has 0 aliphatic heterocycles. The summed E-state index contributed by atoms with van der Waals surface area (Å²) in [5.41, 5.74) is 0. The molecule has 1 heterocycles. The van der Waals surface area contributed by atoms with Crippen molar-refractivity contribution in [1.29, 1.82) is 0 Å². The highest BCUT2D eigenvalue weighted by molar-refractivity contribution is 7.89. The Kier molecular flexibility index (Phi) is 4.66. The van der Waals surface area contributed by atoms with Gasteiger partial charge in [-0.1, -0.05) is 0 Å². The number of likely N-dealkylation sites (N-methyl/N-ethyl adjacent to an activating group) is 1. The summed E-state index contributed by atoms with van der Waals surface area (Å²) in [6.07, 6.45) is 0. The summed E-state index contributed by atoms with van der Waals surface area (Å²) in [7, 11) is -0.873. The Bertz CT molecular complexity index is 591. The van der Waals surface area contributed by atoms with E-state index in [1.165, 1.54) is 31.3 Å². The molecule has 106 valence electrons. The third-order valence-corrected chi connectivity index (χ3v) is 4.83. The van der Waals surface area contributed by atoms with Gasteiger partial charge in [-0.2, -0.15) is 4.72 Å². The van der Waals surface area contributed by atoms with E-state index in [4.69, 9.17) is 5.11 Å². The van der Waals surface area contributed by atoms with Crippen LogP contribution in [0.15, 0.2) is 16.3 Å². The molecule has 2 N–H and O–H groups in total. The fraction of sp³-hybridized carbons (Fsp3) is 0.400. The second-order valence-corrected chi connectivity index (χ2v) is 6.65. The molecule has 1 atom stereocenters. The Morgan fingerprint density at radius 3 is 2.42 bits per heavy atom. The van der Waals surface area contributed by atoms with Gasteiger partial charge < -0.3 is 10.0 Å². The first kappa shape index (κ1) is 15.6. The Hall–Kier alpha value is -1.45. The third kappa shape index (κ3) is 3.75. The topological polar surface area (TPSA) is 104 Å². The van der Waals surface area contributed by atoms with Crippen LogP contribution in [-0.4, -0.2) is 50.4 Å². The first-order valence-corrected chi connectivity index (χ1v) is 7.56. The van der Waals surface area contributed by atoms with E-state index in [2.05, 4.69) is 4.72 Å². The smallest absolute Gasteiger partial charge is 0.345 e. The van der Waals surface area contributed by atoms with Gasteiger partial charge in [0, 0.05) is 19.5 Å². The van der Waals surface area contributed by atoms with Crippen molar-refractivity contribution in [2.24, 2.45) is 0 Å². The van der Waals surface area contributed by atoms with Crippen molar-refractivity contribution in [3.8, 4) is 0 Å². The molecule has 19 heavy (non-hydrogen) atoms. The van der Waals surface area contributed by atoms with E-state index in [1.807, 2.05) is 0 Å². The van der Waals surface area contributed by atoms with Crippen LogP contribution in [0.5, 0.6) is 0 Å². The van der Waals surface area contributed by atoms with Crippen LogP contribution >= 0.6 is 11.3 Å². The lowest BCUT2D eigenvalue weighted by atomic mass is 10.3. The maximum Gasteiger partial charge on any atom is 0.345 e. The predicted octanol–water partition coefficient (Wildman–Crippen LogP) is 0.201. The van der Waals surface area contributed by atoms with Crippen LogP contribution in [0.3, 0.4) is 0 Å². The maximum absolute atomic E-state index is 11.9. The Morgan fingerprint density at radius 1 is 1.42 bits per heavy atom. The van der Waals surface area contributed by atoms with Gasteiger partial charge in [0.1, 0.15) is 4.88 Å². The van der Waals surface area contributed by atoms with Crippen molar-refractivity contribution in [2.75, 3.05) is 14.1 Å². The molecular formula is C10H14N2O5S2. The average Bonchev–Trinajstić information content (AvgIpc) is 2.77. The van der Waals surface area contributed by atoms with E-state index in [9.17, 15) is 18.0 Å². The molecule has 0 spiro atoms. The first-order chi connectivity index (χ1) is 8.65. The number of aromatic carboxylic acids is 1. The number of sulfonamides is 1. The number of carboxylic acids is 1. The molecule has 0 saturated carbocycles. The van der Waals surface area contributed by atoms with E-state index >= 15 is 0 Å². The second kappa shape index (κ2) is 5.68. The van der Waals surface area contributed by atoms with Crippen molar-refractivity contribution in [3.63, 3.8) is 0 Å². The Morgan fingerprint density at radius 2 is 2.00 bits per heavy atom. The van der Waals surface area contributed by atoms with Gasteiger partial charge in [-0.05, 0) is 13.0 Å². The monoisotopic (exact) mass is 306 g/mol. The predicted molar refractivity (Wildman–Crippen MR) is 69.8 cm³/mol. The molecule has 0 bridgehead atoms. The summed E-state index contributed by atoms with van der Waals surface area (Å²) >= 11 is 0.812. The maximum atomic E-state index is 11.9. The van der Waals surface area contributed by atoms with Crippen molar-refractivity contribution < 1.29 is 23.1 Å². The number of carbonyl (C=O) groups is 2. The lowest BCUT2D eigenvalue weighted by Crippen LogP contribution is -2.44. The summed E-state index contributed by atoms with van der Waals surface area (Å²) in [6, 6.07) is 0.135. The third-order valence-electron chi connectivity index (χ3n) is 2.24. The average molecular weight is 306 g/mol. The van der Waals surface area contributed by atoms with Crippen molar-refractivity contribution in [3.05, 3.63) is 16.3 Å². The van der Waals surface area contributed by atoms with Crippen molar-refractivity contribution in [1.82, 2.24) is 9.62 Å². The molecule has 0 aliphatic carbocycles. The van der Waals surface area contributed by atoms with E-state index < -0.39 is 27.9 Å². The van der Waals surface area contributed by atoms with Gasteiger partial charge in [-0.15, -0.1) is 11.3 Å². The quantitative estimate of drug-likeness (QED) is 0.809. The fourth-order valence-electron chi connectivity index (χ4n) is 1.31. The van der Waals surface area contributed by atoms with Gasteiger partial charge in [-0.3, -0.25) is 4.79 Å². The zero-order valence-corrected chi connectivity index (χ0v) is 12.2. The van der Waals surface area contributed by atoms with Crippen molar-refractivity contribution >= 4 is 33.2 Å². The van der Waals surface area contributed by atoms with Crippen LogP contribution in [0.4, 0.5) is 0 Å². The molecule has 9 heteroatoms. The molecule has 1 rings (SSSR count). The summed E-state index contributed by atoms with van der Waals surface area (Å²) in [5, 5.41) is 9.96. The van der Waals surface area contributed by atoms with E-state index in [1.54, 1.807) is 0 Å². The van der Waals surface area contributed by atoms with Crippen LogP contribution in [0.1, 0.15) is 16.6 Å². The lowest BCUT2D eigenvalue weighted by Gasteiger charge is -2.17. The summed E-state index contributed by atoms with van der Waals surface area (Å²) in [5.74, 6) is -1.58. The number of amides is 1. The van der Waals surface area contributed by atoms with Gasteiger partial charge in [-0.25, -0.2) is 13.2 Å². The molecule has 0 radical (unpaired) electrons. The first-order valence-electron chi connectivity index (χ1n) is 5.20. The molecular weight excluding hydrogens is 292 g/mol. The van der Waals surface area contributed by atoms with E-state index in [0.29, 0.717) is 0 Å². The van der Waals surface area contributed by atoms with E-state index in [-0.39, 0.29) is 9.77 Å². The minimum atomic E-state index is -3.90. The van der Waals surface area contributed by atoms with Crippen LogP contribution in [-0.2, 0) is 14.8 Å². The van der Waals surface area contributed by atoms with Crippen LogP contribution in [0, 0.1) is 0 Å². The summed E-state index contributed by atoms with van der Waals surface area (Å²) in [4.78, 5) is 23.3. The molecule has 0 fully saturated rings. The highest BCUT2D eigenvalue weighted by Crippen LogP contribution is 2.19. The number of thiophene rings is 1. The minimum absolute atomic E-state index is 0.0769. The van der Waals surface area contributed by atoms with E-state index in [0.717, 1.165) is 17.4 Å². The number of nitrogens with one attached hydrogen (secondary N) is 1. The SMILES string of the molecule is CC(NS(=O)(=O)c1csc(C(=O)O)c1)C(=O)N(C)C. The fourth-order valence-corrected chi connectivity index (χ4v) is 3.62.